The quantitative estimate of drug-likeness (QED) is 0.705. The lowest BCUT2D eigenvalue weighted by molar-refractivity contribution is 0.309. The number of hydrogen-bond acceptors (Lipinski definition) is 6. The highest BCUT2D eigenvalue weighted by Gasteiger charge is 2.39. The van der Waals surface area contributed by atoms with Crippen LogP contribution in [0.2, 0.25) is 10.0 Å². The van der Waals surface area contributed by atoms with Gasteiger partial charge in [0.05, 0.1) is 0 Å². The van der Waals surface area contributed by atoms with Gasteiger partial charge in [-0.15, -0.1) is 0 Å². The Morgan fingerprint density at radius 2 is 1.40 bits per heavy atom. The minimum Gasteiger partial charge on any atom is -0.305 e. The zero-order valence-electron chi connectivity index (χ0n) is 12.7. The van der Waals surface area contributed by atoms with E-state index in [9.17, 15) is 0 Å². The van der Waals surface area contributed by atoms with Crippen LogP contribution in [0, 0.1) is 5.41 Å². The van der Waals surface area contributed by atoms with Crippen LogP contribution >= 0.6 is 23.2 Å². The topological polar surface area (TPSA) is 95.3 Å². The van der Waals surface area contributed by atoms with Crippen LogP contribution in [0.25, 0.3) is 0 Å². The number of rotatable bonds is 2. The second-order valence-electron chi connectivity index (χ2n) is 5.40. The SMILES string of the molecule is N=C1C(N)N(c2ccc(Cl)cc2)c2nonc2N1c1ccc(Cl)cc1. The van der Waals surface area contributed by atoms with Crippen molar-refractivity contribution < 1.29 is 4.63 Å². The fraction of sp³-hybridized carbons (Fsp3) is 0.0625. The van der Waals surface area contributed by atoms with Gasteiger partial charge in [-0.2, -0.15) is 0 Å². The van der Waals surface area contributed by atoms with Crippen LogP contribution in [-0.2, 0) is 0 Å². The Kier molecular flexibility index (Phi) is 3.84. The van der Waals surface area contributed by atoms with Crippen LogP contribution in [0.4, 0.5) is 23.0 Å². The summed E-state index contributed by atoms with van der Waals surface area (Å²) in [6, 6.07) is 14.1. The Bertz CT molecular complexity index is 925. The van der Waals surface area contributed by atoms with Gasteiger partial charge < -0.3 is 5.73 Å². The maximum atomic E-state index is 8.53. The van der Waals surface area contributed by atoms with Crippen molar-refractivity contribution in [3.05, 3.63) is 58.6 Å². The highest BCUT2D eigenvalue weighted by molar-refractivity contribution is 6.31. The molecule has 1 unspecified atom stereocenters. The molecule has 3 aromatic rings. The summed E-state index contributed by atoms with van der Waals surface area (Å²) in [5.41, 5.74) is 7.74. The molecular formula is C16H12Cl2N6O. The number of fused-ring (bicyclic) bond motifs is 1. The number of amidine groups is 1. The fourth-order valence-corrected chi connectivity index (χ4v) is 2.96. The first-order valence-corrected chi connectivity index (χ1v) is 8.09. The van der Waals surface area contributed by atoms with E-state index in [0.717, 1.165) is 5.69 Å². The molecule has 3 N–H and O–H groups in total. The predicted octanol–water partition coefficient (Wildman–Crippen LogP) is 3.93. The zero-order valence-corrected chi connectivity index (χ0v) is 14.2. The summed E-state index contributed by atoms with van der Waals surface area (Å²) in [5, 5.41) is 17.7. The molecule has 2 heterocycles. The van der Waals surface area contributed by atoms with Crippen molar-refractivity contribution in [1.82, 2.24) is 10.3 Å². The lowest BCUT2D eigenvalue weighted by Gasteiger charge is -2.38. The number of halogens is 2. The number of nitrogens with one attached hydrogen (secondary N) is 1. The zero-order chi connectivity index (χ0) is 17.6. The summed E-state index contributed by atoms with van der Waals surface area (Å²) in [6.07, 6.45) is -0.781. The average molecular weight is 375 g/mol. The summed E-state index contributed by atoms with van der Waals surface area (Å²) in [5.74, 6) is 0.921. The summed E-state index contributed by atoms with van der Waals surface area (Å²) in [4.78, 5) is 3.26. The van der Waals surface area contributed by atoms with Crippen LogP contribution in [0.15, 0.2) is 53.2 Å². The Morgan fingerprint density at radius 1 is 0.880 bits per heavy atom. The third-order valence-electron chi connectivity index (χ3n) is 3.88. The largest absolute Gasteiger partial charge is 0.305 e. The first kappa shape index (κ1) is 15.9. The molecule has 0 bridgehead atoms. The van der Waals surface area contributed by atoms with Gasteiger partial charge in [0.15, 0.2) is 0 Å². The van der Waals surface area contributed by atoms with Gasteiger partial charge in [-0.1, -0.05) is 23.2 Å². The van der Waals surface area contributed by atoms with Gasteiger partial charge in [0.2, 0.25) is 11.6 Å². The Morgan fingerprint density at radius 3 is 2.00 bits per heavy atom. The maximum Gasteiger partial charge on any atom is 0.228 e. The monoisotopic (exact) mass is 374 g/mol. The third-order valence-corrected chi connectivity index (χ3v) is 4.39. The molecule has 0 saturated heterocycles. The third kappa shape index (κ3) is 2.62. The number of aromatic nitrogens is 2. The van der Waals surface area contributed by atoms with Crippen molar-refractivity contribution in [2.75, 3.05) is 9.80 Å². The molecule has 1 atom stereocenters. The highest BCUT2D eigenvalue weighted by Crippen LogP contribution is 2.41. The van der Waals surface area contributed by atoms with Crippen LogP contribution in [0.3, 0.4) is 0 Å². The predicted molar refractivity (Wildman–Crippen MR) is 97.2 cm³/mol. The van der Waals surface area contributed by atoms with Crippen molar-refractivity contribution in [1.29, 1.82) is 5.41 Å². The molecule has 0 aliphatic carbocycles. The van der Waals surface area contributed by atoms with Crippen LogP contribution in [0.1, 0.15) is 0 Å². The molecule has 0 saturated carbocycles. The molecule has 4 rings (SSSR count). The van der Waals surface area contributed by atoms with Crippen LogP contribution < -0.4 is 15.5 Å². The lowest BCUT2D eigenvalue weighted by Crippen LogP contribution is -2.54. The van der Waals surface area contributed by atoms with Gasteiger partial charge in [0, 0.05) is 21.4 Å². The molecule has 1 aliphatic rings. The Labute approximate surface area is 153 Å². The molecule has 1 aliphatic heterocycles. The fourth-order valence-electron chi connectivity index (χ4n) is 2.71. The van der Waals surface area contributed by atoms with Gasteiger partial charge in [-0.3, -0.25) is 15.2 Å². The molecule has 2 aromatic carbocycles. The van der Waals surface area contributed by atoms with E-state index in [4.69, 9.17) is 39.0 Å². The summed E-state index contributed by atoms with van der Waals surface area (Å²) >= 11 is 11.9. The van der Waals surface area contributed by atoms with Crippen LogP contribution in [-0.4, -0.2) is 22.3 Å². The minimum atomic E-state index is -0.781. The summed E-state index contributed by atoms with van der Waals surface area (Å²) < 4.78 is 4.93. The second kappa shape index (κ2) is 6.03. The average Bonchev–Trinajstić information content (AvgIpc) is 3.07. The van der Waals surface area contributed by atoms with Gasteiger partial charge >= 0.3 is 0 Å². The van der Waals surface area contributed by atoms with E-state index in [1.54, 1.807) is 58.3 Å². The summed E-state index contributed by atoms with van der Waals surface area (Å²) in [6.45, 7) is 0. The van der Waals surface area contributed by atoms with Crippen molar-refractivity contribution in [2.24, 2.45) is 5.73 Å². The number of nitrogens with zero attached hydrogens (tertiary/aromatic N) is 4. The molecule has 9 heteroatoms. The first-order chi connectivity index (χ1) is 12.1. The number of nitrogens with two attached hydrogens (primary N) is 1. The normalized spacial score (nSPS) is 16.9. The molecule has 1 aromatic heterocycles. The molecule has 126 valence electrons. The Balaban J connectivity index is 1.83. The Hall–Kier alpha value is -2.61. The van der Waals surface area contributed by atoms with Crippen molar-refractivity contribution in [2.45, 2.75) is 6.17 Å². The number of hydrogen-bond donors (Lipinski definition) is 2. The maximum absolute atomic E-state index is 8.53. The van der Waals surface area contributed by atoms with E-state index < -0.39 is 6.17 Å². The van der Waals surface area contributed by atoms with Gasteiger partial charge in [0.25, 0.3) is 0 Å². The minimum absolute atomic E-state index is 0.125. The van der Waals surface area contributed by atoms with E-state index in [1.807, 2.05) is 0 Å². The lowest BCUT2D eigenvalue weighted by atomic mass is 10.1. The van der Waals surface area contributed by atoms with E-state index in [0.29, 0.717) is 27.4 Å². The molecule has 0 radical (unpaired) electrons. The van der Waals surface area contributed by atoms with E-state index in [-0.39, 0.29) is 5.84 Å². The molecule has 0 spiro atoms. The number of benzene rings is 2. The van der Waals surface area contributed by atoms with E-state index in [2.05, 4.69) is 10.3 Å². The van der Waals surface area contributed by atoms with Gasteiger partial charge in [0.1, 0.15) is 12.0 Å². The van der Waals surface area contributed by atoms with Gasteiger partial charge in [-0.25, -0.2) is 4.63 Å². The molecule has 0 amide bonds. The molecule has 25 heavy (non-hydrogen) atoms. The molecule has 0 fully saturated rings. The van der Waals surface area contributed by atoms with Crippen molar-refractivity contribution in [3.8, 4) is 0 Å². The van der Waals surface area contributed by atoms with Gasteiger partial charge in [-0.05, 0) is 58.8 Å². The second-order valence-corrected chi connectivity index (χ2v) is 6.27. The standard InChI is InChI=1S/C16H12Cl2N6O/c17-9-1-5-11(6-2-9)23-13(19)14(20)24(16-15(23)21-25-22-16)12-7-3-10(18)4-8-12/h1-8,13,20H,19H2. The first-order valence-electron chi connectivity index (χ1n) is 7.33. The van der Waals surface area contributed by atoms with Crippen molar-refractivity contribution >= 4 is 52.0 Å². The van der Waals surface area contributed by atoms with E-state index >= 15 is 0 Å². The smallest absolute Gasteiger partial charge is 0.228 e. The van der Waals surface area contributed by atoms with Crippen LogP contribution in [0.5, 0.6) is 0 Å². The van der Waals surface area contributed by atoms with E-state index in [1.165, 1.54) is 0 Å². The molecule has 7 nitrogen and oxygen atoms in total. The summed E-state index contributed by atoms with van der Waals surface area (Å²) in [7, 11) is 0. The van der Waals surface area contributed by atoms with Crippen molar-refractivity contribution in [3.63, 3.8) is 0 Å². The molecular weight excluding hydrogens is 363 g/mol. The number of anilines is 4. The highest BCUT2D eigenvalue weighted by atomic mass is 35.5.